The monoisotopic (exact) mass is 494 g/mol. The van der Waals surface area contributed by atoms with Gasteiger partial charge in [-0.15, -0.1) is 0 Å². The van der Waals surface area contributed by atoms with Gasteiger partial charge in [-0.3, -0.25) is 9.44 Å². The molecule has 8 nitrogen and oxygen atoms in total. The number of hydrogen-bond donors (Lipinski definition) is 2. The summed E-state index contributed by atoms with van der Waals surface area (Å²) >= 11 is 5.99. The van der Waals surface area contributed by atoms with Gasteiger partial charge in [0.1, 0.15) is 0 Å². The van der Waals surface area contributed by atoms with E-state index in [1.165, 1.54) is 61.7 Å². The molecule has 0 fully saturated rings. The minimum Gasteiger partial charge on any atom is -0.465 e. The number of carbonyl (C=O) groups excluding carboxylic acids is 1. The van der Waals surface area contributed by atoms with Crippen molar-refractivity contribution < 1.29 is 26.4 Å². The van der Waals surface area contributed by atoms with E-state index in [4.69, 9.17) is 11.6 Å². The third-order valence-corrected chi connectivity index (χ3v) is 7.26. The number of esters is 1. The molecule has 0 amide bonds. The standard InChI is InChI=1S/C21H19ClN2O6S2/c1-30-21(25)16-8-6-15(7-9-16)14-31(26,27)23-17-10-12-18(13-11-17)32(28,29)24-20-5-3-2-4-19(20)22/h2-13,23-24H,14H2,1H3. The maximum absolute atomic E-state index is 12.5. The number of hydrogen-bond acceptors (Lipinski definition) is 6. The zero-order chi connectivity index (χ0) is 23.4. The molecule has 0 aromatic heterocycles. The summed E-state index contributed by atoms with van der Waals surface area (Å²) in [7, 11) is -6.43. The second kappa shape index (κ2) is 9.60. The highest BCUT2D eigenvalue weighted by atomic mass is 35.5. The number of nitrogens with one attached hydrogen (secondary N) is 2. The number of carbonyl (C=O) groups is 1. The summed E-state index contributed by atoms with van der Waals surface area (Å²) in [5.74, 6) is -0.848. The summed E-state index contributed by atoms with van der Waals surface area (Å²) in [5.41, 5.74) is 1.21. The number of rotatable bonds is 8. The lowest BCUT2D eigenvalue weighted by molar-refractivity contribution is 0.0600. The largest absolute Gasteiger partial charge is 0.465 e. The molecule has 3 rings (SSSR count). The van der Waals surface area contributed by atoms with Gasteiger partial charge in [-0.05, 0) is 54.1 Å². The van der Waals surface area contributed by atoms with Crippen LogP contribution < -0.4 is 9.44 Å². The third-order valence-electron chi connectivity index (χ3n) is 4.29. The predicted molar refractivity (Wildman–Crippen MR) is 123 cm³/mol. The molecular formula is C21H19ClN2O6S2. The van der Waals surface area contributed by atoms with Crippen LogP contribution >= 0.6 is 11.6 Å². The van der Waals surface area contributed by atoms with E-state index in [1.807, 2.05) is 0 Å². The van der Waals surface area contributed by atoms with Crippen LogP contribution in [0.25, 0.3) is 0 Å². The maximum Gasteiger partial charge on any atom is 0.337 e. The van der Waals surface area contributed by atoms with E-state index < -0.39 is 26.0 Å². The Balaban J connectivity index is 1.69. The van der Waals surface area contributed by atoms with E-state index in [0.29, 0.717) is 11.1 Å². The lowest BCUT2D eigenvalue weighted by atomic mass is 10.1. The summed E-state index contributed by atoms with van der Waals surface area (Å²) in [6, 6.07) is 17.6. The first-order chi connectivity index (χ1) is 15.1. The van der Waals surface area contributed by atoms with E-state index in [1.54, 1.807) is 18.2 Å². The Morgan fingerprint density at radius 1 is 0.875 bits per heavy atom. The van der Waals surface area contributed by atoms with Crippen molar-refractivity contribution in [3.05, 3.63) is 88.9 Å². The minimum atomic E-state index is -3.91. The molecule has 11 heteroatoms. The van der Waals surface area contributed by atoms with Crippen LogP contribution in [-0.4, -0.2) is 29.9 Å². The number of sulfonamides is 2. The molecule has 0 unspecified atom stereocenters. The molecule has 32 heavy (non-hydrogen) atoms. The van der Waals surface area contributed by atoms with Crippen LogP contribution in [0.3, 0.4) is 0 Å². The van der Waals surface area contributed by atoms with Crippen molar-refractivity contribution in [2.45, 2.75) is 10.6 Å². The predicted octanol–water partition coefficient (Wildman–Crippen LogP) is 3.87. The molecule has 168 valence electrons. The van der Waals surface area contributed by atoms with Crippen molar-refractivity contribution in [3.8, 4) is 0 Å². The summed E-state index contributed by atoms with van der Waals surface area (Å²) < 4.78 is 59.4. The topological polar surface area (TPSA) is 119 Å². The molecule has 0 aliphatic heterocycles. The summed E-state index contributed by atoms with van der Waals surface area (Å²) in [6.07, 6.45) is 0. The second-order valence-corrected chi connectivity index (χ2v) is 10.5. The van der Waals surface area contributed by atoms with E-state index in [0.717, 1.165) is 0 Å². The van der Waals surface area contributed by atoms with Gasteiger partial charge in [0.15, 0.2) is 0 Å². The van der Waals surface area contributed by atoms with Crippen LogP contribution in [0, 0.1) is 0 Å². The smallest absolute Gasteiger partial charge is 0.337 e. The van der Waals surface area contributed by atoms with Gasteiger partial charge in [0.2, 0.25) is 10.0 Å². The summed E-state index contributed by atoms with van der Waals surface area (Å²) in [5, 5.41) is 0.250. The van der Waals surface area contributed by atoms with Gasteiger partial charge >= 0.3 is 5.97 Å². The van der Waals surface area contributed by atoms with E-state index in [2.05, 4.69) is 14.2 Å². The highest BCUT2D eigenvalue weighted by molar-refractivity contribution is 7.92. The average molecular weight is 495 g/mol. The first kappa shape index (κ1) is 23.6. The molecule has 2 N–H and O–H groups in total. The highest BCUT2D eigenvalue weighted by Gasteiger charge is 2.17. The van der Waals surface area contributed by atoms with E-state index in [9.17, 15) is 21.6 Å². The van der Waals surface area contributed by atoms with Gasteiger partial charge < -0.3 is 4.74 Å². The molecule has 0 radical (unpaired) electrons. The van der Waals surface area contributed by atoms with Gasteiger partial charge in [-0.1, -0.05) is 35.9 Å². The number of ether oxygens (including phenoxy) is 1. The van der Waals surface area contributed by atoms with Gasteiger partial charge in [0.05, 0.1) is 34.0 Å². The molecule has 3 aromatic rings. The van der Waals surface area contributed by atoms with Crippen molar-refractivity contribution in [1.29, 1.82) is 0 Å². The first-order valence-electron chi connectivity index (χ1n) is 9.15. The second-order valence-electron chi connectivity index (χ2n) is 6.66. The Labute approximate surface area is 191 Å². The van der Waals surface area contributed by atoms with E-state index >= 15 is 0 Å². The number of halogens is 1. The molecule has 0 saturated carbocycles. The molecule has 0 aliphatic rings. The molecule has 0 aliphatic carbocycles. The lowest BCUT2D eigenvalue weighted by Gasteiger charge is -2.11. The minimum absolute atomic E-state index is 0.0567. The van der Waals surface area contributed by atoms with Crippen LogP contribution in [0.1, 0.15) is 15.9 Å². The Kier molecular flexibility index (Phi) is 7.07. The number of methoxy groups -OCH3 is 1. The summed E-state index contributed by atoms with van der Waals surface area (Å²) in [6.45, 7) is 0. The molecule has 0 atom stereocenters. The zero-order valence-corrected chi connectivity index (χ0v) is 19.2. The Morgan fingerprint density at radius 2 is 1.50 bits per heavy atom. The van der Waals surface area contributed by atoms with E-state index in [-0.39, 0.29) is 27.0 Å². The molecule has 0 bridgehead atoms. The molecule has 3 aromatic carbocycles. The third kappa shape index (κ3) is 6.00. The van der Waals surface area contributed by atoms with Crippen molar-refractivity contribution in [1.82, 2.24) is 0 Å². The van der Waals surface area contributed by atoms with Crippen LogP contribution in [0.4, 0.5) is 11.4 Å². The van der Waals surface area contributed by atoms with Crippen LogP contribution in [0.15, 0.2) is 77.7 Å². The number of benzene rings is 3. The van der Waals surface area contributed by atoms with Crippen molar-refractivity contribution in [2.24, 2.45) is 0 Å². The fourth-order valence-corrected chi connectivity index (χ4v) is 5.26. The van der Waals surface area contributed by atoms with Crippen LogP contribution in [0.2, 0.25) is 5.02 Å². The Hall–Kier alpha value is -3.08. The number of anilines is 2. The molecular weight excluding hydrogens is 476 g/mol. The zero-order valence-electron chi connectivity index (χ0n) is 16.8. The lowest BCUT2D eigenvalue weighted by Crippen LogP contribution is -2.16. The van der Waals surface area contributed by atoms with Crippen LogP contribution in [-0.2, 0) is 30.5 Å². The van der Waals surface area contributed by atoms with Gasteiger partial charge in [-0.25, -0.2) is 21.6 Å². The van der Waals surface area contributed by atoms with Crippen molar-refractivity contribution in [3.63, 3.8) is 0 Å². The Morgan fingerprint density at radius 3 is 2.09 bits per heavy atom. The highest BCUT2D eigenvalue weighted by Crippen LogP contribution is 2.25. The normalized spacial score (nSPS) is 11.6. The van der Waals surface area contributed by atoms with Gasteiger partial charge in [0.25, 0.3) is 10.0 Å². The molecule has 0 saturated heterocycles. The Bertz CT molecular complexity index is 1320. The quantitative estimate of drug-likeness (QED) is 0.459. The fraction of sp³-hybridized carbons (Fsp3) is 0.0952. The van der Waals surface area contributed by atoms with Crippen molar-refractivity contribution >= 4 is 49.0 Å². The first-order valence-corrected chi connectivity index (χ1v) is 12.7. The molecule has 0 heterocycles. The van der Waals surface area contributed by atoms with Gasteiger partial charge in [-0.2, -0.15) is 0 Å². The average Bonchev–Trinajstić information content (AvgIpc) is 2.75. The SMILES string of the molecule is COC(=O)c1ccc(CS(=O)(=O)Nc2ccc(S(=O)(=O)Nc3ccccc3Cl)cc2)cc1. The van der Waals surface area contributed by atoms with Gasteiger partial charge in [0, 0.05) is 5.69 Å². The number of para-hydroxylation sites is 1. The van der Waals surface area contributed by atoms with Crippen LogP contribution in [0.5, 0.6) is 0 Å². The fourth-order valence-electron chi connectivity index (χ4n) is 2.74. The molecule has 0 spiro atoms. The van der Waals surface area contributed by atoms with Crippen molar-refractivity contribution in [2.75, 3.05) is 16.6 Å². The summed E-state index contributed by atoms with van der Waals surface area (Å²) in [4.78, 5) is 11.4. The maximum atomic E-state index is 12.5.